The van der Waals surface area contributed by atoms with E-state index < -0.39 is 0 Å². The minimum Gasteiger partial charge on any atom is -0.313 e. The van der Waals surface area contributed by atoms with Crippen molar-refractivity contribution in [2.75, 3.05) is 13.1 Å². The molecule has 3 nitrogen and oxygen atoms in total. The predicted molar refractivity (Wildman–Crippen MR) is 104 cm³/mol. The predicted octanol–water partition coefficient (Wildman–Crippen LogP) is 4.88. The highest BCUT2D eigenvalue weighted by molar-refractivity contribution is 6.30. The van der Waals surface area contributed by atoms with Crippen LogP contribution in [0.25, 0.3) is 22.5 Å². The van der Waals surface area contributed by atoms with E-state index in [-0.39, 0.29) is 0 Å². The topological polar surface area (TPSA) is 29.9 Å². The summed E-state index contributed by atoms with van der Waals surface area (Å²) in [6, 6.07) is 18.3. The molecule has 1 N–H and O–H groups in total. The van der Waals surface area contributed by atoms with E-state index in [0.29, 0.717) is 0 Å². The van der Waals surface area contributed by atoms with Gasteiger partial charge in [-0.3, -0.25) is 0 Å². The van der Waals surface area contributed by atoms with Crippen molar-refractivity contribution in [1.82, 2.24) is 15.1 Å². The van der Waals surface area contributed by atoms with Crippen molar-refractivity contribution in [2.45, 2.75) is 13.3 Å². The van der Waals surface area contributed by atoms with Gasteiger partial charge in [0.1, 0.15) is 0 Å². The Hall–Kier alpha value is -2.36. The van der Waals surface area contributed by atoms with E-state index in [1.165, 1.54) is 11.1 Å². The average molecular weight is 350 g/mol. The molecule has 4 heteroatoms. The number of benzene rings is 2. The fourth-order valence-corrected chi connectivity index (χ4v) is 3.56. The Kier molecular flexibility index (Phi) is 4.43. The molecule has 0 amide bonds. The lowest BCUT2D eigenvalue weighted by molar-refractivity contribution is 0.734. The summed E-state index contributed by atoms with van der Waals surface area (Å²) in [5.41, 5.74) is 6.83. The van der Waals surface area contributed by atoms with Gasteiger partial charge >= 0.3 is 0 Å². The van der Waals surface area contributed by atoms with Crippen LogP contribution in [-0.4, -0.2) is 22.9 Å². The summed E-state index contributed by atoms with van der Waals surface area (Å²) >= 11 is 6.25. The SMILES string of the molecule is Cc1c(C2=CCNCC2)nn(-c2ccccc2)c1-c1cccc(Cl)c1. The number of nitrogens with zero attached hydrogens (tertiary/aromatic N) is 2. The van der Waals surface area contributed by atoms with Gasteiger partial charge in [0, 0.05) is 22.7 Å². The van der Waals surface area contributed by atoms with Gasteiger partial charge in [0.2, 0.25) is 0 Å². The zero-order chi connectivity index (χ0) is 17.2. The molecule has 1 aliphatic rings. The van der Waals surface area contributed by atoms with Crippen molar-refractivity contribution in [3.63, 3.8) is 0 Å². The van der Waals surface area contributed by atoms with Crippen LogP contribution in [0.4, 0.5) is 0 Å². The number of nitrogens with one attached hydrogen (secondary N) is 1. The normalized spacial score (nSPS) is 14.4. The Morgan fingerprint density at radius 3 is 2.64 bits per heavy atom. The standard InChI is InChI=1S/C21H20ClN3/c1-15-20(16-10-12-23-13-11-16)24-25(19-8-3-2-4-9-19)21(15)17-6-5-7-18(22)14-17/h2-10,14,23H,11-13H2,1H3. The smallest absolute Gasteiger partial charge is 0.0920 e. The van der Waals surface area contributed by atoms with Crippen LogP contribution in [0.3, 0.4) is 0 Å². The molecule has 25 heavy (non-hydrogen) atoms. The van der Waals surface area contributed by atoms with Crippen LogP contribution in [0, 0.1) is 6.92 Å². The molecule has 0 saturated heterocycles. The Bertz CT molecular complexity index is 926. The molecule has 2 aromatic carbocycles. The number of halogens is 1. The summed E-state index contributed by atoms with van der Waals surface area (Å²) in [5.74, 6) is 0. The van der Waals surface area contributed by atoms with E-state index in [1.807, 2.05) is 41.1 Å². The van der Waals surface area contributed by atoms with Crippen molar-refractivity contribution in [3.05, 3.63) is 77.0 Å². The third-order valence-corrected chi connectivity index (χ3v) is 4.82. The molecular weight excluding hydrogens is 330 g/mol. The average Bonchev–Trinajstić information content (AvgIpc) is 3.00. The summed E-state index contributed by atoms with van der Waals surface area (Å²) in [7, 11) is 0. The van der Waals surface area contributed by atoms with E-state index in [1.54, 1.807) is 0 Å². The van der Waals surface area contributed by atoms with Gasteiger partial charge in [0.05, 0.1) is 17.1 Å². The van der Waals surface area contributed by atoms with Gasteiger partial charge in [-0.25, -0.2) is 4.68 Å². The highest BCUT2D eigenvalue weighted by atomic mass is 35.5. The second-order valence-electron chi connectivity index (χ2n) is 6.26. The van der Waals surface area contributed by atoms with Crippen LogP contribution in [-0.2, 0) is 0 Å². The van der Waals surface area contributed by atoms with Gasteiger partial charge < -0.3 is 5.32 Å². The minimum atomic E-state index is 0.736. The molecule has 0 saturated carbocycles. The van der Waals surface area contributed by atoms with Crippen LogP contribution in [0.2, 0.25) is 5.02 Å². The first kappa shape index (κ1) is 16.1. The summed E-state index contributed by atoms with van der Waals surface area (Å²) in [6.07, 6.45) is 3.25. The molecule has 126 valence electrons. The highest BCUT2D eigenvalue weighted by Gasteiger charge is 2.20. The lowest BCUT2D eigenvalue weighted by atomic mass is 9.99. The number of aromatic nitrogens is 2. The fourth-order valence-electron chi connectivity index (χ4n) is 3.37. The van der Waals surface area contributed by atoms with Gasteiger partial charge in [-0.2, -0.15) is 5.10 Å². The molecule has 0 atom stereocenters. The molecule has 0 aliphatic carbocycles. The highest BCUT2D eigenvalue weighted by Crippen LogP contribution is 2.33. The van der Waals surface area contributed by atoms with Crippen molar-refractivity contribution in [1.29, 1.82) is 0 Å². The zero-order valence-corrected chi connectivity index (χ0v) is 14.9. The van der Waals surface area contributed by atoms with Crippen molar-refractivity contribution in [3.8, 4) is 16.9 Å². The Labute approximate surface area is 153 Å². The van der Waals surface area contributed by atoms with Gasteiger partial charge in [-0.05, 0) is 49.7 Å². The number of rotatable bonds is 3. The van der Waals surface area contributed by atoms with Crippen molar-refractivity contribution in [2.24, 2.45) is 0 Å². The largest absolute Gasteiger partial charge is 0.313 e. The van der Waals surface area contributed by atoms with E-state index in [4.69, 9.17) is 16.7 Å². The third kappa shape index (κ3) is 3.13. The molecule has 0 spiro atoms. The summed E-state index contributed by atoms with van der Waals surface area (Å²) in [4.78, 5) is 0. The van der Waals surface area contributed by atoms with Gasteiger partial charge in [-0.1, -0.05) is 48.0 Å². The quantitative estimate of drug-likeness (QED) is 0.730. The summed E-state index contributed by atoms with van der Waals surface area (Å²) < 4.78 is 2.04. The second kappa shape index (κ2) is 6.87. The van der Waals surface area contributed by atoms with Crippen LogP contribution in [0.1, 0.15) is 17.7 Å². The number of para-hydroxylation sites is 1. The fraction of sp³-hybridized carbons (Fsp3) is 0.190. The summed E-state index contributed by atoms with van der Waals surface area (Å²) in [6.45, 7) is 4.05. The minimum absolute atomic E-state index is 0.736. The van der Waals surface area contributed by atoms with E-state index in [2.05, 4.69) is 36.5 Å². The number of hydrogen-bond acceptors (Lipinski definition) is 2. The van der Waals surface area contributed by atoms with E-state index in [9.17, 15) is 0 Å². The molecule has 0 bridgehead atoms. The van der Waals surface area contributed by atoms with E-state index >= 15 is 0 Å². The third-order valence-electron chi connectivity index (χ3n) is 4.59. The molecule has 0 radical (unpaired) electrons. The maximum atomic E-state index is 6.25. The Balaban J connectivity index is 1.94. The summed E-state index contributed by atoms with van der Waals surface area (Å²) in [5, 5.41) is 9.09. The molecule has 0 fully saturated rings. The maximum Gasteiger partial charge on any atom is 0.0920 e. The second-order valence-corrected chi connectivity index (χ2v) is 6.70. The molecule has 0 unspecified atom stereocenters. The lowest BCUT2D eigenvalue weighted by Crippen LogP contribution is -2.20. The maximum absolute atomic E-state index is 6.25. The molecule has 2 heterocycles. The molecule has 3 aromatic rings. The number of hydrogen-bond donors (Lipinski definition) is 1. The molecule has 4 rings (SSSR count). The van der Waals surface area contributed by atoms with Crippen LogP contribution in [0.5, 0.6) is 0 Å². The lowest BCUT2D eigenvalue weighted by Gasteiger charge is -2.12. The van der Waals surface area contributed by atoms with Crippen molar-refractivity contribution < 1.29 is 0 Å². The first-order valence-corrected chi connectivity index (χ1v) is 8.93. The van der Waals surface area contributed by atoms with Gasteiger partial charge in [0.15, 0.2) is 0 Å². The monoisotopic (exact) mass is 349 g/mol. The van der Waals surface area contributed by atoms with Crippen LogP contribution in [0.15, 0.2) is 60.7 Å². The zero-order valence-electron chi connectivity index (χ0n) is 14.2. The van der Waals surface area contributed by atoms with Crippen molar-refractivity contribution >= 4 is 17.2 Å². The van der Waals surface area contributed by atoms with Crippen LogP contribution < -0.4 is 5.32 Å². The van der Waals surface area contributed by atoms with Gasteiger partial charge in [0.25, 0.3) is 0 Å². The van der Waals surface area contributed by atoms with Crippen LogP contribution >= 0.6 is 11.6 Å². The molecule has 1 aliphatic heterocycles. The van der Waals surface area contributed by atoms with Gasteiger partial charge in [-0.15, -0.1) is 0 Å². The first-order chi connectivity index (χ1) is 12.2. The molecular formula is C21H20ClN3. The molecule has 1 aromatic heterocycles. The Morgan fingerprint density at radius 2 is 1.92 bits per heavy atom. The van der Waals surface area contributed by atoms with E-state index in [0.717, 1.165) is 47.2 Å². The first-order valence-electron chi connectivity index (χ1n) is 8.55. The Morgan fingerprint density at radius 1 is 1.08 bits per heavy atom.